The van der Waals surface area contributed by atoms with Gasteiger partial charge in [0.1, 0.15) is 0 Å². The lowest BCUT2D eigenvalue weighted by molar-refractivity contribution is 1.31. The first kappa shape index (κ1) is 25.5. The van der Waals surface area contributed by atoms with Crippen LogP contribution in [0.5, 0.6) is 0 Å². The van der Waals surface area contributed by atoms with Crippen LogP contribution in [-0.2, 0) is 0 Å². The lowest BCUT2D eigenvalue weighted by atomic mass is 9.98. The molecule has 0 spiro atoms. The molecule has 210 valence electrons. The Morgan fingerprint density at radius 1 is 0.523 bits per heavy atom. The summed E-state index contributed by atoms with van der Waals surface area (Å²) >= 11 is 0. The zero-order chi connectivity index (χ0) is 29.6. The number of aromatic amines is 2. The Kier molecular flexibility index (Phi) is 5.94. The number of pyridine rings is 1. The van der Waals surface area contributed by atoms with Gasteiger partial charge in [0, 0.05) is 38.8 Å². The van der Waals surface area contributed by atoms with Crippen molar-refractivity contribution in [1.29, 1.82) is 0 Å². The fraction of sp³-hybridized carbons (Fsp3) is 0. The van der Waals surface area contributed by atoms with Gasteiger partial charge in [0.2, 0.25) is 0 Å². The Balaban J connectivity index is 1.54. The molecule has 7 heteroatoms. The molecule has 8 bridgehead atoms. The number of nitrogens with one attached hydrogen (secondary N) is 2. The molecule has 0 aliphatic carbocycles. The molecule has 0 amide bonds. The van der Waals surface area contributed by atoms with Crippen LogP contribution in [0.1, 0.15) is 22.8 Å². The van der Waals surface area contributed by atoms with Gasteiger partial charge in [0.05, 0.1) is 52.1 Å². The van der Waals surface area contributed by atoms with E-state index >= 15 is 0 Å². The minimum atomic E-state index is 0.498. The third-order valence-electron chi connectivity index (χ3n) is 7.91. The molecule has 6 N–H and O–H groups in total. The summed E-state index contributed by atoms with van der Waals surface area (Å²) in [7, 11) is 0. The van der Waals surface area contributed by atoms with E-state index < -0.39 is 0 Å². The van der Waals surface area contributed by atoms with E-state index in [4.69, 9.17) is 21.4 Å². The Hall–Kier alpha value is -6.21. The molecule has 2 aliphatic heterocycles. The zero-order valence-corrected chi connectivity index (χ0v) is 23.6. The first-order valence-corrected chi connectivity index (χ1v) is 14.4. The highest BCUT2D eigenvalue weighted by Crippen LogP contribution is 2.40. The maximum Gasteiger partial charge on any atom is 0.0737 e. The van der Waals surface area contributed by atoms with Crippen LogP contribution in [-0.4, -0.2) is 24.9 Å². The van der Waals surface area contributed by atoms with E-state index in [0.717, 1.165) is 78.2 Å². The molecule has 4 aromatic heterocycles. The molecule has 0 fully saturated rings. The smallest absolute Gasteiger partial charge is 0.0737 e. The third-order valence-corrected chi connectivity index (χ3v) is 7.91. The van der Waals surface area contributed by atoms with E-state index in [0.29, 0.717) is 11.4 Å². The number of hydrogen-bond donors (Lipinski definition) is 4. The molecule has 7 nitrogen and oxygen atoms in total. The lowest BCUT2D eigenvalue weighted by Crippen LogP contribution is -1.97. The number of benzene rings is 2. The number of rotatable bonds is 3. The monoisotopic (exact) mass is 569 g/mol. The fourth-order valence-corrected chi connectivity index (χ4v) is 5.98. The number of nitrogens with two attached hydrogens (primary N) is 2. The van der Waals surface area contributed by atoms with Crippen molar-refractivity contribution in [2.45, 2.75) is 0 Å². The van der Waals surface area contributed by atoms with Crippen molar-refractivity contribution in [2.24, 2.45) is 0 Å². The quantitative estimate of drug-likeness (QED) is 0.171. The number of nitrogens with zero attached hydrogens (tertiary/aromatic N) is 3. The van der Waals surface area contributed by atoms with Gasteiger partial charge in [-0.3, -0.25) is 4.98 Å². The van der Waals surface area contributed by atoms with Crippen LogP contribution < -0.4 is 11.5 Å². The number of hydrogen-bond acceptors (Lipinski definition) is 5. The van der Waals surface area contributed by atoms with Gasteiger partial charge in [-0.25, -0.2) is 9.97 Å². The van der Waals surface area contributed by atoms with Crippen molar-refractivity contribution in [3.05, 3.63) is 126 Å². The van der Waals surface area contributed by atoms with Crippen molar-refractivity contribution in [1.82, 2.24) is 24.9 Å². The molecule has 0 radical (unpaired) electrons. The van der Waals surface area contributed by atoms with Crippen LogP contribution in [0.2, 0.25) is 0 Å². The maximum absolute atomic E-state index is 6.51. The molecular weight excluding hydrogens is 542 g/mol. The number of aromatic nitrogens is 5. The maximum atomic E-state index is 6.51. The van der Waals surface area contributed by atoms with Crippen LogP contribution >= 0.6 is 0 Å². The number of nitrogen functional groups attached to an aromatic ring is 2. The first-order chi connectivity index (χ1) is 21.6. The summed E-state index contributed by atoms with van der Waals surface area (Å²) in [5.74, 6) is 0. The summed E-state index contributed by atoms with van der Waals surface area (Å²) in [5.41, 5.74) is 26.7. The van der Waals surface area contributed by atoms with E-state index in [1.54, 1.807) is 12.4 Å². The van der Waals surface area contributed by atoms with Gasteiger partial charge in [-0.05, 0) is 65.8 Å². The van der Waals surface area contributed by atoms with Gasteiger partial charge in [-0.1, -0.05) is 60.7 Å². The molecule has 6 heterocycles. The molecule has 0 saturated heterocycles. The molecule has 6 aromatic rings. The zero-order valence-electron chi connectivity index (χ0n) is 23.6. The molecule has 0 unspecified atom stereocenters. The first-order valence-electron chi connectivity index (χ1n) is 14.4. The van der Waals surface area contributed by atoms with Crippen molar-refractivity contribution in [3.63, 3.8) is 0 Å². The summed E-state index contributed by atoms with van der Waals surface area (Å²) in [4.78, 5) is 21.7. The highest BCUT2D eigenvalue weighted by atomic mass is 14.8. The fourth-order valence-electron chi connectivity index (χ4n) is 5.98. The molecule has 0 atom stereocenters. The molecule has 8 rings (SSSR count). The highest BCUT2D eigenvalue weighted by Gasteiger charge is 2.18. The third kappa shape index (κ3) is 4.44. The van der Waals surface area contributed by atoms with Crippen LogP contribution in [0, 0.1) is 0 Å². The SMILES string of the molecule is Nc1cncc(N)c1-c1cc2cc3nc(c(-c4ccccc4)c4ccc(cc5nc(c(-c6ccccc6)c1[nH]2)C=C5)[nH]4)C=C3. The number of anilines is 2. The van der Waals surface area contributed by atoms with Crippen molar-refractivity contribution in [3.8, 4) is 33.4 Å². The average Bonchev–Trinajstić information content (AvgIpc) is 3.85. The molecule has 2 aromatic carbocycles. The van der Waals surface area contributed by atoms with Gasteiger partial charge in [0.15, 0.2) is 0 Å². The average molecular weight is 570 g/mol. The van der Waals surface area contributed by atoms with Gasteiger partial charge in [-0.15, -0.1) is 0 Å². The minimum absolute atomic E-state index is 0.498. The lowest BCUT2D eigenvalue weighted by Gasteiger charge is -2.10. The summed E-state index contributed by atoms with van der Waals surface area (Å²) in [6.45, 7) is 0. The van der Waals surface area contributed by atoms with Crippen molar-refractivity contribution < 1.29 is 0 Å². The Labute approximate surface area is 253 Å². The molecule has 44 heavy (non-hydrogen) atoms. The van der Waals surface area contributed by atoms with E-state index in [-0.39, 0.29) is 0 Å². The van der Waals surface area contributed by atoms with E-state index in [2.05, 4.69) is 75.6 Å². The number of H-pyrrole nitrogens is 2. The predicted molar refractivity (Wildman–Crippen MR) is 182 cm³/mol. The summed E-state index contributed by atoms with van der Waals surface area (Å²) < 4.78 is 0. The molecular formula is C37H27N7. The summed E-state index contributed by atoms with van der Waals surface area (Å²) in [5, 5.41) is 0. The Morgan fingerprint density at radius 3 is 1.77 bits per heavy atom. The predicted octanol–water partition coefficient (Wildman–Crippen LogP) is 8.22. The van der Waals surface area contributed by atoms with Gasteiger partial charge in [0.25, 0.3) is 0 Å². The Morgan fingerprint density at radius 2 is 1.11 bits per heavy atom. The van der Waals surface area contributed by atoms with Crippen LogP contribution in [0.25, 0.3) is 79.8 Å². The van der Waals surface area contributed by atoms with E-state index in [9.17, 15) is 0 Å². The Bertz CT molecular complexity index is 2270. The molecule has 0 saturated carbocycles. The largest absolute Gasteiger partial charge is 0.397 e. The van der Waals surface area contributed by atoms with Gasteiger partial charge in [-0.2, -0.15) is 0 Å². The van der Waals surface area contributed by atoms with Crippen LogP contribution in [0.4, 0.5) is 11.4 Å². The topological polar surface area (TPSA) is 122 Å². The standard InChI is InChI=1S/C37H27N7/c38-29-20-40-21-30(39)36(29)28-19-27-18-26-12-15-32(42-26)34(22-7-3-1-4-8-22)31-14-11-24(41-31)17-25-13-16-33(43-25)35(37(28)44-27)23-9-5-2-6-10-23/h1-21,41,44H,38-39H2. The second kappa shape index (κ2) is 10.3. The van der Waals surface area contributed by atoms with Crippen LogP contribution in [0.15, 0.2) is 103 Å². The van der Waals surface area contributed by atoms with E-state index in [1.165, 1.54) is 0 Å². The second-order valence-corrected chi connectivity index (χ2v) is 10.8. The highest BCUT2D eigenvalue weighted by molar-refractivity contribution is 6.04. The number of fused-ring (bicyclic) bond motifs is 8. The molecule has 2 aliphatic rings. The summed E-state index contributed by atoms with van der Waals surface area (Å²) in [6, 6.07) is 30.9. The van der Waals surface area contributed by atoms with Crippen molar-refractivity contribution >= 4 is 57.7 Å². The van der Waals surface area contributed by atoms with Gasteiger partial charge >= 0.3 is 0 Å². The second-order valence-electron chi connectivity index (χ2n) is 10.8. The van der Waals surface area contributed by atoms with E-state index in [1.807, 2.05) is 54.6 Å². The summed E-state index contributed by atoms with van der Waals surface area (Å²) in [6.07, 6.45) is 11.5. The van der Waals surface area contributed by atoms with Crippen LogP contribution in [0.3, 0.4) is 0 Å². The minimum Gasteiger partial charge on any atom is -0.397 e. The van der Waals surface area contributed by atoms with Gasteiger partial charge < -0.3 is 21.4 Å². The van der Waals surface area contributed by atoms with Crippen molar-refractivity contribution in [2.75, 3.05) is 11.5 Å². The normalized spacial score (nSPS) is 12.1.